The molecule has 2 N–H and O–H groups in total. The number of aromatic nitrogens is 4. The van der Waals surface area contributed by atoms with Gasteiger partial charge in [0.1, 0.15) is 6.04 Å². The number of thioether (sulfide) groups is 1. The number of amides is 1. The lowest BCUT2D eigenvalue weighted by molar-refractivity contribution is -0.113. The first-order valence-electron chi connectivity index (χ1n) is 10.7. The van der Waals surface area contributed by atoms with Crippen LogP contribution in [0.5, 0.6) is 0 Å². The van der Waals surface area contributed by atoms with Gasteiger partial charge in [-0.05, 0) is 42.3 Å². The lowest BCUT2D eigenvalue weighted by Gasteiger charge is -2.28. The van der Waals surface area contributed by atoms with Crippen LogP contribution in [0, 0.1) is 0 Å². The average molecular weight is 533 g/mol. The van der Waals surface area contributed by atoms with Crippen LogP contribution in [0.3, 0.4) is 0 Å². The summed E-state index contributed by atoms with van der Waals surface area (Å²) in [6.45, 7) is 1.89. The number of carbonyl (C=O) groups excluding carboxylic acids is 1. The number of pyridine rings is 1. The second kappa shape index (κ2) is 9.82. The molecule has 2 aromatic heterocycles. The van der Waals surface area contributed by atoms with Crippen LogP contribution in [0.15, 0.2) is 100 Å². The Balaban J connectivity index is 1.50. The van der Waals surface area contributed by atoms with Crippen molar-refractivity contribution >= 4 is 45.2 Å². The van der Waals surface area contributed by atoms with Crippen molar-refractivity contribution in [3.63, 3.8) is 0 Å². The van der Waals surface area contributed by atoms with E-state index in [-0.39, 0.29) is 5.91 Å². The first-order chi connectivity index (χ1) is 16.6. The summed E-state index contributed by atoms with van der Waals surface area (Å²) in [5, 5.41) is 11.7. The van der Waals surface area contributed by atoms with Gasteiger partial charge in [0.25, 0.3) is 5.91 Å². The molecule has 170 valence electrons. The van der Waals surface area contributed by atoms with E-state index in [4.69, 9.17) is 10.1 Å². The van der Waals surface area contributed by atoms with Crippen LogP contribution in [0.1, 0.15) is 24.1 Å². The van der Waals surface area contributed by atoms with Crippen molar-refractivity contribution in [3.05, 3.63) is 106 Å². The third kappa shape index (κ3) is 4.76. The van der Waals surface area contributed by atoms with Crippen molar-refractivity contribution in [1.82, 2.24) is 19.7 Å². The topological polar surface area (TPSA) is 84.7 Å². The third-order valence-corrected chi connectivity index (χ3v) is 6.77. The molecule has 0 radical (unpaired) electrons. The van der Waals surface area contributed by atoms with Crippen LogP contribution < -0.4 is 10.6 Å². The molecule has 34 heavy (non-hydrogen) atoms. The molecule has 0 fully saturated rings. The molecule has 1 aliphatic rings. The molecule has 0 saturated carbocycles. The van der Waals surface area contributed by atoms with E-state index in [0.29, 0.717) is 22.4 Å². The minimum absolute atomic E-state index is 0.220. The Morgan fingerprint density at radius 1 is 1.15 bits per heavy atom. The number of carbonyl (C=O) groups is 1. The highest BCUT2D eigenvalue weighted by molar-refractivity contribution is 9.10. The van der Waals surface area contributed by atoms with E-state index in [1.807, 2.05) is 55.5 Å². The predicted octanol–water partition coefficient (Wildman–Crippen LogP) is 5.66. The van der Waals surface area contributed by atoms with E-state index in [0.717, 1.165) is 21.5 Å². The standard InChI is InChI=1S/C25H21BrN6OS/c1-16-21(23(33)29-20-11-6-12-27-14-20)22(18-9-5-10-19(26)13-18)32-24(28-16)30-25(31-32)34-15-17-7-3-2-4-8-17/h2-14,22H,15H2,1H3,(H,29,33)(H,28,30,31)/t22-/m0/s1. The molecule has 4 aromatic rings. The van der Waals surface area contributed by atoms with Crippen LogP contribution in [0.4, 0.5) is 11.6 Å². The minimum atomic E-state index is -0.441. The highest BCUT2D eigenvalue weighted by Crippen LogP contribution is 2.37. The average Bonchev–Trinajstić information content (AvgIpc) is 3.25. The third-order valence-electron chi connectivity index (χ3n) is 5.37. The van der Waals surface area contributed by atoms with Crippen LogP contribution in [0.2, 0.25) is 0 Å². The van der Waals surface area contributed by atoms with Gasteiger partial charge in [0.2, 0.25) is 11.1 Å². The van der Waals surface area contributed by atoms with E-state index in [1.165, 1.54) is 5.56 Å². The fourth-order valence-electron chi connectivity index (χ4n) is 3.83. The summed E-state index contributed by atoms with van der Waals surface area (Å²) in [4.78, 5) is 22.3. The molecule has 1 aliphatic heterocycles. The van der Waals surface area contributed by atoms with Crippen molar-refractivity contribution in [2.45, 2.75) is 23.9 Å². The quantitative estimate of drug-likeness (QED) is 0.312. The molecule has 0 spiro atoms. The Bertz CT molecular complexity index is 1360. The first-order valence-corrected chi connectivity index (χ1v) is 12.4. The van der Waals surface area contributed by atoms with E-state index < -0.39 is 6.04 Å². The van der Waals surface area contributed by atoms with Crippen molar-refractivity contribution in [2.24, 2.45) is 0 Å². The molecule has 0 saturated heterocycles. The van der Waals surface area contributed by atoms with Crippen LogP contribution in [0.25, 0.3) is 0 Å². The maximum atomic E-state index is 13.5. The molecule has 7 nitrogen and oxygen atoms in total. The number of halogens is 1. The van der Waals surface area contributed by atoms with Gasteiger partial charge in [0.15, 0.2) is 0 Å². The van der Waals surface area contributed by atoms with Gasteiger partial charge >= 0.3 is 0 Å². The van der Waals surface area contributed by atoms with Crippen LogP contribution >= 0.6 is 27.7 Å². The Morgan fingerprint density at radius 2 is 2.00 bits per heavy atom. The van der Waals surface area contributed by atoms with E-state index in [1.54, 1.807) is 34.9 Å². The molecular weight excluding hydrogens is 512 g/mol. The summed E-state index contributed by atoms with van der Waals surface area (Å²) in [6.07, 6.45) is 3.29. The summed E-state index contributed by atoms with van der Waals surface area (Å²) in [6, 6.07) is 21.3. The summed E-state index contributed by atoms with van der Waals surface area (Å²) in [7, 11) is 0. The van der Waals surface area contributed by atoms with Gasteiger partial charge in [-0.2, -0.15) is 4.98 Å². The smallest absolute Gasteiger partial charge is 0.255 e. The van der Waals surface area contributed by atoms with Crippen molar-refractivity contribution in [1.29, 1.82) is 0 Å². The highest BCUT2D eigenvalue weighted by atomic mass is 79.9. The van der Waals surface area contributed by atoms with Crippen molar-refractivity contribution in [3.8, 4) is 0 Å². The van der Waals surface area contributed by atoms with Gasteiger partial charge < -0.3 is 10.6 Å². The van der Waals surface area contributed by atoms with Crippen molar-refractivity contribution < 1.29 is 4.79 Å². The summed E-state index contributed by atoms with van der Waals surface area (Å²) in [5.74, 6) is 1.14. The summed E-state index contributed by atoms with van der Waals surface area (Å²) < 4.78 is 2.72. The van der Waals surface area contributed by atoms with Gasteiger partial charge in [-0.3, -0.25) is 9.78 Å². The zero-order valence-corrected chi connectivity index (χ0v) is 20.7. The molecular formula is C25H21BrN6OS. The molecule has 5 rings (SSSR count). The van der Waals surface area contributed by atoms with Gasteiger partial charge in [0.05, 0.1) is 17.5 Å². The lowest BCUT2D eigenvalue weighted by Crippen LogP contribution is -2.31. The summed E-state index contributed by atoms with van der Waals surface area (Å²) in [5.41, 5.74) is 4.05. The number of anilines is 2. The number of allylic oxidation sites excluding steroid dienone is 1. The van der Waals surface area contributed by atoms with E-state index >= 15 is 0 Å². The van der Waals surface area contributed by atoms with Gasteiger partial charge in [-0.25, -0.2) is 4.68 Å². The SMILES string of the molecule is CC1=C(C(=O)Nc2cccnc2)[C@H](c2cccc(Br)c2)n2nc(SCc3ccccc3)nc2N1. The number of fused-ring (bicyclic) bond motifs is 1. The van der Waals surface area contributed by atoms with Gasteiger partial charge in [-0.1, -0.05) is 70.2 Å². The fourth-order valence-corrected chi connectivity index (χ4v) is 5.03. The Kier molecular flexibility index (Phi) is 6.46. The number of hydrogen-bond acceptors (Lipinski definition) is 6. The molecule has 1 atom stereocenters. The molecule has 9 heteroatoms. The molecule has 3 heterocycles. The van der Waals surface area contributed by atoms with Crippen molar-refractivity contribution in [2.75, 3.05) is 10.6 Å². The largest absolute Gasteiger partial charge is 0.328 e. The Hall–Kier alpha value is -3.43. The number of benzene rings is 2. The lowest BCUT2D eigenvalue weighted by atomic mass is 9.95. The molecule has 0 unspecified atom stereocenters. The Morgan fingerprint density at radius 3 is 2.76 bits per heavy atom. The fraction of sp³-hybridized carbons (Fsp3) is 0.120. The monoisotopic (exact) mass is 532 g/mol. The number of nitrogens with one attached hydrogen (secondary N) is 2. The van der Waals surface area contributed by atoms with Gasteiger partial charge in [0, 0.05) is 22.1 Å². The maximum absolute atomic E-state index is 13.5. The minimum Gasteiger partial charge on any atom is -0.328 e. The number of hydrogen-bond donors (Lipinski definition) is 2. The number of rotatable bonds is 6. The first kappa shape index (κ1) is 22.4. The Labute approximate surface area is 209 Å². The normalized spacial score (nSPS) is 14.9. The number of nitrogens with zero attached hydrogens (tertiary/aromatic N) is 4. The second-order valence-electron chi connectivity index (χ2n) is 7.75. The predicted molar refractivity (Wildman–Crippen MR) is 137 cm³/mol. The zero-order chi connectivity index (χ0) is 23.5. The summed E-state index contributed by atoms with van der Waals surface area (Å²) >= 11 is 5.12. The second-order valence-corrected chi connectivity index (χ2v) is 9.61. The zero-order valence-electron chi connectivity index (χ0n) is 18.3. The van der Waals surface area contributed by atoms with E-state index in [9.17, 15) is 4.79 Å². The maximum Gasteiger partial charge on any atom is 0.255 e. The van der Waals surface area contributed by atoms with Gasteiger partial charge in [-0.15, -0.1) is 5.10 Å². The van der Waals surface area contributed by atoms with Crippen LogP contribution in [-0.4, -0.2) is 25.7 Å². The molecule has 2 aromatic carbocycles. The van der Waals surface area contributed by atoms with E-state index in [2.05, 4.69) is 43.7 Å². The molecule has 0 bridgehead atoms. The van der Waals surface area contributed by atoms with Crippen LogP contribution in [-0.2, 0) is 10.5 Å². The molecule has 0 aliphatic carbocycles. The highest BCUT2D eigenvalue weighted by Gasteiger charge is 2.34. The molecule has 1 amide bonds.